The zero-order chi connectivity index (χ0) is 9.42. The average molecular weight is 180 g/mol. The fourth-order valence-corrected chi connectivity index (χ4v) is 1.17. The summed E-state index contributed by atoms with van der Waals surface area (Å²) in [5, 5.41) is 18.2. The van der Waals surface area contributed by atoms with Gasteiger partial charge in [-0.1, -0.05) is 0 Å². The van der Waals surface area contributed by atoms with Crippen molar-refractivity contribution < 1.29 is 14.4 Å². The number of nitrogens with zero attached hydrogens (tertiary/aromatic N) is 1. The van der Waals surface area contributed by atoms with Crippen LogP contribution in [0.2, 0.25) is 0 Å². The Labute approximate surface area is 73.2 Å². The van der Waals surface area contributed by atoms with Crippen molar-refractivity contribution in [3.05, 3.63) is 24.3 Å². The van der Waals surface area contributed by atoms with Gasteiger partial charge >= 0.3 is 7.12 Å². The van der Waals surface area contributed by atoms with Crippen LogP contribution in [0.5, 0.6) is 0 Å². The summed E-state index contributed by atoms with van der Waals surface area (Å²) in [5.41, 5.74) is 0.798. The Morgan fingerprint density at radius 3 is 2.85 bits per heavy atom. The third kappa shape index (κ3) is 1.41. The first-order valence-corrected chi connectivity index (χ1v) is 3.67. The summed E-state index contributed by atoms with van der Waals surface area (Å²) < 4.78 is 12.6. The smallest absolute Gasteiger partial charge is 0.422 e. The van der Waals surface area contributed by atoms with E-state index in [4.69, 9.17) is 10.0 Å². The SMILES string of the molecule is OB(O)c1cc2cc(F)ncc2[nH]1. The molecule has 0 saturated carbocycles. The summed E-state index contributed by atoms with van der Waals surface area (Å²) in [6.45, 7) is 0. The van der Waals surface area contributed by atoms with Crippen LogP contribution in [0.3, 0.4) is 0 Å². The number of nitrogens with one attached hydrogen (secondary N) is 1. The van der Waals surface area contributed by atoms with Crippen LogP contribution in [0, 0.1) is 5.95 Å². The number of aromatic nitrogens is 2. The van der Waals surface area contributed by atoms with Crippen LogP contribution in [0.4, 0.5) is 4.39 Å². The van der Waals surface area contributed by atoms with Crippen molar-refractivity contribution in [3.8, 4) is 0 Å². The van der Waals surface area contributed by atoms with Gasteiger partial charge < -0.3 is 15.0 Å². The lowest BCUT2D eigenvalue weighted by Gasteiger charge is -1.89. The summed E-state index contributed by atoms with van der Waals surface area (Å²) in [7, 11) is -1.57. The number of rotatable bonds is 1. The molecule has 2 rings (SSSR count). The summed E-state index contributed by atoms with van der Waals surface area (Å²) >= 11 is 0. The molecule has 0 spiro atoms. The summed E-state index contributed by atoms with van der Waals surface area (Å²) in [5.74, 6) is -0.592. The van der Waals surface area contributed by atoms with Crippen molar-refractivity contribution in [3.63, 3.8) is 0 Å². The monoisotopic (exact) mass is 180 g/mol. The van der Waals surface area contributed by atoms with E-state index in [0.29, 0.717) is 10.9 Å². The molecule has 3 N–H and O–H groups in total. The van der Waals surface area contributed by atoms with E-state index in [1.54, 1.807) is 0 Å². The Bertz CT molecular complexity index is 443. The van der Waals surface area contributed by atoms with Crippen molar-refractivity contribution in [2.24, 2.45) is 0 Å². The van der Waals surface area contributed by atoms with E-state index in [0.717, 1.165) is 0 Å². The van der Waals surface area contributed by atoms with Gasteiger partial charge in [0.1, 0.15) is 0 Å². The molecule has 2 heterocycles. The van der Waals surface area contributed by atoms with Crippen LogP contribution in [0.25, 0.3) is 10.9 Å². The molecule has 0 aliphatic heterocycles. The molecule has 0 bridgehead atoms. The molecule has 2 aromatic heterocycles. The molecule has 0 aliphatic rings. The lowest BCUT2D eigenvalue weighted by molar-refractivity contribution is 0.424. The second kappa shape index (κ2) is 2.83. The maximum Gasteiger partial charge on any atom is 0.505 e. The topological polar surface area (TPSA) is 69.1 Å². The highest BCUT2D eigenvalue weighted by Crippen LogP contribution is 2.09. The molecule has 2 aromatic rings. The fraction of sp³-hybridized carbons (Fsp3) is 0. The largest absolute Gasteiger partial charge is 0.505 e. The number of hydrogen-bond acceptors (Lipinski definition) is 3. The molecule has 0 amide bonds. The number of fused-ring (bicyclic) bond motifs is 1. The lowest BCUT2D eigenvalue weighted by atomic mass is 9.87. The first kappa shape index (κ1) is 8.21. The van der Waals surface area contributed by atoms with Crippen molar-refractivity contribution in [2.75, 3.05) is 0 Å². The first-order valence-electron chi connectivity index (χ1n) is 3.67. The van der Waals surface area contributed by atoms with E-state index >= 15 is 0 Å². The Morgan fingerprint density at radius 2 is 2.15 bits per heavy atom. The van der Waals surface area contributed by atoms with Crippen LogP contribution in [0.15, 0.2) is 18.3 Å². The molecule has 0 unspecified atom stereocenters. The molecule has 0 fully saturated rings. The van der Waals surface area contributed by atoms with Gasteiger partial charge in [0.15, 0.2) is 0 Å². The number of halogens is 1. The molecular weight excluding hydrogens is 174 g/mol. The Morgan fingerprint density at radius 1 is 1.38 bits per heavy atom. The number of hydrogen-bond donors (Lipinski definition) is 3. The summed E-state index contributed by atoms with van der Waals surface area (Å²) in [6, 6.07) is 2.68. The molecule has 0 aliphatic carbocycles. The van der Waals surface area contributed by atoms with Gasteiger partial charge in [-0.05, 0) is 6.07 Å². The van der Waals surface area contributed by atoms with E-state index in [-0.39, 0.29) is 5.59 Å². The van der Waals surface area contributed by atoms with E-state index in [9.17, 15) is 4.39 Å². The van der Waals surface area contributed by atoms with E-state index < -0.39 is 13.1 Å². The highest BCUT2D eigenvalue weighted by Gasteiger charge is 2.13. The number of H-pyrrole nitrogens is 1. The van der Waals surface area contributed by atoms with Crippen molar-refractivity contribution in [1.82, 2.24) is 9.97 Å². The number of pyridine rings is 1. The van der Waals surface area contributed by atoms with Gasteiger partial charge in [0.2, 0.25) is 5.95 Å². The Hall–Kier alpha value is -1.40. The standard InChI is InChI=1S/C7H6BFN2O2/c9-7-2-4-1-6(8(12)13)11-5(4)3-10-7/h1-3,11-13H. The van der Waals surface area contributed by atoms with Crippen LogP contribution in [-0.4, -0.2) is 27.1 Å². The van der Waals surface area contributed by atoms with Crippen LogP contribution < -0.4 is 5.59 Å². The van der Waals surface area contributed by atoms with E-state index in [2.05, 4.69) is 9.97 Å². The third-order valence-electron chi connectivity index (χ3n) is 1.77. The van der Waals surface area contributed by atoms with Crippen LogP contribution >= 0.6 is 0 Å². The van der Waals surface area contributed by atoms with Gasteiger partial charge in [-0.25, -0.2) is 4.98 Å². The van der Waals surface area contributed by atoms with Gasteiger partial charge in [0, 0.05) is 17.0 Å². The van der Waals surface area contributed by atoms with Crippen LogP contribution in [-0.2, 0) is 0 Å². The van der Waals surface area contributed by atoms with Gasteiger partial charge in [-0.15, -0.1) is 0 Å². The average Bonchev–Trinajstić information content (AvgIpc) is 2.46. The molecule has 0 atom stereocenters. The molecule has 6 heteroatoms. The second-order valence-electron chi connectivity index (χ2n) is 2.69. The second-order valence-corrected chi connectivity index (χ2v) is 2.69. The molecular formula is C7H6BFN2O2. The predicted molar refractivity (Wildman–Crippen MR) is 45.9 cm³/mol. The Kier molecular flexibility index (Phi) is 1.79. The molecule has 66 valence electrons. The molecule has 13 heavy (non-hydrogen) atoms. The first-order chi connectivity index (χ1) is 6.16. The molecule has 4 nitrogen and oxygen atoms in total. The van der Waals surface area contributed by atoms with Gasteiger partial charge in [-0.2, -0.15) is 4.39 Å². The highest BCUT2D eigenvalue weighted by atomic mass is 19.1. The predicted octanol–water partition coefficient (Wildman–Crippen LogP) is -0.618. The van der Waals surface area contributed by atoms with E-state index in [1.807, 2.05) is 0 Å². The van der Waals surface area contributed by atoms with Crippen LogP contribution in [0.1, 0.15) is 0 Å². The molecule has 0 radical (unpaired) electrons. The van der Waals surface area contributed by atoms with Crippen molar-refractivity contribution >= 4 is 23.6 Å². The van der Waals surface area contributed by atoms with Gasteiger partial charge in [0.25, 0.3) is 0 Å². The van der Waals surface area contributed by atoms with Gasteiger partial charge in [-0.3, -0.25) is 0 Å². The third-order valence-corrected chi connectivity index (χ3v) is 1.77. The Balaban J connectivity index is 2.62. The maximum absolute atomic E-state index is 12.6. The highest BCUT2D eigenvalue weighted by molar-refractivity contribution is 6.58. The molecule has 0 aromatic carbocycles. The minimum atomic E-state index is -1.57. The van der Waals surface area contributed by atoms with Crippen molar-refractivity contribution in [2.45, 2.75) is 0 Å². The van der Waals surface area contributed by atoms with Crippen molar-refractivity contribution in [1.29, 1.82) is 0 Å². The summed E-state index contributed by atoms with van der Waals surface area (Å²) in [6.07, 6.45) is 1.30. The normalized spacial score (nSPS) is 10.7. The minimum absolute atomic E-state index is 0.224. The zero-order valence-corrected chi connectivity index (χ0v) is 6.53. The minimum Gasteiger partial charge on any atom is -0.422 e. The summed E-state index contributed by atoms with van der Waals surface area (Å²) in [4.78, 5) is 6.11. The zero-order valence-electron chi connectivity index (χ0n) is 6.53. The van der Waals surface area contributed by atoms with E-state index in [1.165, 1.54) is 18.3 Å². The lowest BCUT2D eigenvalue weighted by Crippen LogP contribution is -2.30. The van der Waals surface area contributed by atoms with Gasteiger partial charge in [0.05, 0.1) is 11.7 Å². The quantitative estimate of drug-likeness (QED) is 0.404. The maximum atomic E-state index is 12.6. The number of aromatic amines is 1. The fourth-order valence-electron chi connectivity index (χ4n) is 1.17. The molecule has 0 saturated heterocycles.